The van der Waals surface area contributed by atoms with Gasteiger partial charge in [0.2, 0.25) is 10.0 Å². The zero-order chi connectivity index (χ0) is 16.6. The molecular formula is C15H16ClN3O3S. The van der Waals surface area contributed by atoms with Gasteiger partial charge >= 0.3 is 0 Å². The SMILES string of the molecule is CS(=O)(=O)NC1CCN(C(=O)c2cc(Cl)cc3cccnc23)C1. The van der Waals surface area contributed by atoms with Crippen LogP contribution in [0.15, 0.2) is 30.5 Å². The van der Waals surface area contributed by atoms with Crippen LogP contribution in [0.1, 0.15) is 16.8 Å². The molecule has 3 rings (SSSR count). The number of nitrogens with one attached hydrogen (secondary N) is 1. The maximum Gasteiger partial charge on any atom is 0.256 e. The topological polar surface area (TPSA) is 79.4 Å². The van der Waals surface area contributed by atoms with E-state index in [-0.39, 0.29) is 11.9 Å². The Balaban J connectivity index is 1.87. The van der Waals surface area contributed by atoms with Gasteiger partial charge in [0.1, 0.15) is 0 Å². The van der Waals surface area contributed by atoms with Crippen LogP contribution in [0.3, 0.4) is 0 Å². The summed E-state index contributed by atoms with van der Waals surface area (Å²) in [4.78, 5) is 18.7. The first-order valence-corrected chi connectivity index (χ1v) is 9.41. The molecule has 1 atom stereocenters. The Hall–Kier alpha value is -1.70. The van der Waals surface area contributed by atoms with Gasteiger partial charge in [0.15, 0.2) is 0 Å². The van der Waals surface area contributed by atoms with Gasteiger partial charge in [-0.1, -0.05) is 17.7 Å². The highest BCUT2D eigenvalue weighted by Crippen LogP contribution is 2.24. The van der Waals surface area contributed by atoms with Crippen molar-refractivity contribution in [2.24, 2.45) is 0 Å². The van der Waals surface area contributed by atoms with Gasteiger partial charge in [-0.2, -0.15) is 0 Å². The van der Waals surface area contributed by atoms with E-state index in [1.807, 2.05) is 6.07 Å². The van der Waals surface area contributed by atoms with Gasteiger partial charge in [0.05, 0.1) is 17.3 Å². The number of pyridine rings is 1. The first kappa shape index (κ1) is 16.2. The second-order valence-corrected chi connectivity index (χ2v) is 7.87. The summed E-state index contributed by atoms with van der Waals surface area (Å²) in [5.41, 5.74) is 1.04. The van der Waals surface area contributed by atoms with Crippen molar-refractivity contribution in [2.75, 3.05) is 19.3 Å². The molecule has 0 bridgehead atoms. The standard InChI is InChI=1S/C15H16ClN3O3S/c1-23(21,22)18-12-4-6-19(9-12)15(20)13-8-11(16)7-10-3-2-5-17-14(10)13/h2-3,5,7-8,12,18H,4,6,9H2,1H3. The molecule has 23 heavy (non-hydrogen) atoms. The van der Waals surface area contributed by atoms with Crippen LogP contribution in [0.2, 0.25) is 5.02 Å². The quantitative estimate of drug-likeness (QED) is 0.910. The zero-order valence-electron chi connectivity index (χ0n) is 12.5. The van der Waals surface area contributed by atoms with E-state index in [2.05, 4.69) is 9.71 Å². The van der Waals surface area contributed by atoms with Gasteiger partial charge in [-0.25, -0.2) is 13.1 Å². The highest BCUT2D eigenvalue weighted by atomic mass is 35.5. The lowest BCUT2D eigenvalue weighted by molar-refractivity contribution is 0.0792. The minimum atomic E-state index is -3.28. The number of amides is 1. The lowest BCUT2D eigenvalue weighted by Gasteiger charge is -2.18. The highest BCUT2D eigenvalue weighted by Gasteiger charge is 2.29. The smallest absolute Gasteiger partial charge is 0.256 e. The minimum absolute atomic E-state index is 0.186. The molecule has 1 aliphatic rings. The third-order valence-electron chi connectivity index (χ3n) is 3.76. The summed E-state index contributed by atoms with van der Waals surface area (Å²) in [5.74, 6) is -0.186. The van der Waals surface area contributed by atoms with Crippen molar-refractivity contribution in [3.63, 3.8) is 0 Å². The number of sulfonamides is 1. The van der Waals surface area contributed by atoms with Crippen molar-refractivity contribution >= 4 is 38.4 Å². The van der Waals surface area contributed by atoms with E-state index in [4.69, 9.17) is 11.6 Å². The van der Waals surface area contributed by atoms with Crippen molar-refractivity contribution in [3.8, 4) is 0 Å². The minimum Gasteiger partial charge on any atom is -0.337 e. The Bertz CT molecular complexity index is 869. The highest BCUT2D eigenvalue weighted by molar-refractivity contribution is 7.88. The summed E-state index contributed by atoms with van der Waals surface area (Å²) >= 11 is 6.10. The predicted octanol–water partition coefficient (Wildman–Crippen LogP) is 1.65. The first-order valence-electron chi connectivity index (χ1n) is 7.14. The number of nitrogens with zero attached hydrogens (tertiary/aromatic N) is 2. The van der Waals surface area contributed by atoms with Gasteiger partial charge in [0.25, 0.3) is 5.91 Å². The summed E-state index contributed by atoms with van der Waals surface area (Å²) in [6.45, 7) is 0.833. The van der Waals surface area contributed by atoms with Gasteiger partial charge in [-0.15, -0.1) is 0 Å². The predicted molar refractivity (Wildman–Crippen MR) is 89.0 cm³/mol. The van der Waals surface area contributed by atoms with Crippen molar-refractivity contribution in [3.05, 3.63) is 41.0 Å². The van der Waals surface area contributed by atoms with Crippen molar-refractivity contribution in [2.45, 2.75) is 12.5 Å². The maximum atomic E-state index is 12.8. The molecule has 0 spiro atoms. The van der Waals surface area contributed by atoms with Gasteiger partial charge in [0, 0.05) is 35.7 Å². The van der Waals surface area contributed by atoms with E-state index in [9.17, 15) is 13.2 Å². The monoisotopic (exact) mass is 353 g/mol. The molecule has 0 saturated carbocycles. The average Bonchev–Trinajstić information content (AvgIpc) is 2.92. The molecule has 0 radical (unpaired) electrons. The average molecular weight is 354 g/mol. The van der Waals surface area contributed by atoms with E-state index >= 15 is 0 Å². The molecule has 1 fully saturated rings. The number of carbonyl (C=O) groups is 1. The van der Waals surface area contributed by atoms with Crippen LogP contribution in [0, 0.1) is 0 Å². The Morgan fingerprint density at radius 1 is 1.43 bits per heavy atom. The van der Waals surface area contributed by atoms with E-state index < -0.39 is 10.0 Å². The molecule has 1 aromatic heterocycles. The summed E-state index contributed by atoms with van der Waals surface area (Å²) in [6, 6.07) is 6.75. The number of halogens is 1. The fourth-order valence-corrected chi connectivity index (χ4v) is 3.86. The largest absolute Gasteiger partial charge is 0.337 e. The zero-order valence-corrected chi connectivity index (χ0v) is 14.1. The number of benzene rings is 1. The molecule has 1 aliphatic heterocycles. The second-order valence-electron chi connectivity index (χ2n) is 5.66. The van der Waals surface area contributed by atoms with Crippen LogP contribution in [0.5, 0.6) is 0 Å². The normalized spacial score (nSPS) is 18.5. The van der Waals surface area contributed by atoms with E-state index in [0.29, 0.717) is 35.6 Å². The van der Waals surface area contributed by atoms with Crippen molar-refractivity contribution in [1.82, 2.24) is 14.6 Å². The van der Waals surface area contributed by atoms with Gasteiger partial charge in [-0.3, -0.25) is 9.78 Å². The fraction of sp³-hybridized carbons (Fsp3) is 0.333. The van der Waals surface area contributed by atoms with Crippen LogP contribution < -0.4 is 4.72 Å². The van der Waals surface area contributed by atoms with E-state index in [1.54, 1.807) is 29.3 Å². The van der Waals surface area contributed by atoms with E-state index in [0.717, 1.165) is 11.6 Å². The van der Waals surface area contributed by atoms with Crippen molar-refractivity contribution < 1.29 is 13.2 Å². The fourth-order valence-electron chi connectivity index (χ4n) is 2.83. The van der Waals surface area contributed by atoms with Crippen LogP contribution in [0.4, 0.5) is 0 Å². The molecule has 2 heterocycles. The molecule has 2 aromatic rings. The Morgan fingerprint density at radius 2 is 2.22 bits per heavy atom. The molecule has 1 amide bonds. The molecule has 122 valence electrons. The molecule has 1 saturated heterocycles. The van der Waals surface area contributed by atoms with Crippen LogP contribution >= 0.6 is 11.6 Å². The number of hydrogen-bond donors (Lipinski definition) is 1. The molecule has 1 aromatic carbocycles. The lowest BCUT2D eigenvalue weighted by Crippen LogP contribution is -2.37. The Labute approximate surface area is 139 Å². The third kappa shape index (κ3) is 3.63. The summed E-state index contributed by atoms with van der Waals surface area (Å²) < 4.78 is 25.2. The number of fused-ring (bicyclic) bond motifs is 1. The second kappa shape index (κ2) is 6.07. The maximum absolute atomic E-state index is 12.8. The lowest BCUT2D eigenvalue weighted by atomic mass is 10.1. The van der Waals surface area contributed by atoms with Gasteiger partial charge < -0.3 is 4.90 Å². The summed E-state index contributed by atoms with van der Waals surface area (Å²) in [7, 11) is -3.28. The molecule has 1 unspecified atom stereocenters. The summed E-state index contributed by atoms with van der Waals surface area (Å²) in [6.07, 6.45) is 3.33. The van der Waals surface area contributed by atoms with E-state index in [1.165, 1.54) is 0 Å². The molecule has 0 aliphatic carbocycles. The molecule has 1 N–H and O–H groups in total. The van der Waals surface area contributed by atoms with Crippen LogP contribution in [0.25, 0.3) is 10.9 Å². The Morgan fingerprint density at radius 3 is 2.96 bits per heavy atom. The number of rotatable bonds is 3. The summed E-state index contributed by atoms with van der Waals surface area (Å²) in [5, 5.41) is 1.27. The van der Waals surface area contributed by atoms with Crippen LogP contribution in [-0.2, 0) is 10.0 Å². The Kier molecular flexibility index (Phi) is 4.27. The molecule has 6 nitrogen and oxygen atoms in total. The van der Waals surface area contributed by atoms with Crippen molar-refractivity contribution in [1.29, 1.82) is 0 Å². The first-order chi connectivity index (χ1) is 10.8. The number of likely N-dealkylation sites (tertiary alicyclic amines) is 1. The molecule has 8 heteroatoms. The number of aromatic nitrogens is 1. The molecular weight excluding hydrogens is 338 g/mol. The van der Waals surface area contributed by atoms with Crippen LogP contribution in [-0.4, -0.2) is 49.6 Å². The van der Waals surface area contributed by atoms with Gasteiger partial charge in [-0.05, 0) is 24.6 Å². The third-order valence-corrected chi connectivity index (χ3v) is 4.74. The number of carbonyl (C=O) groups excluding carboxylic acids is 1. The number of hydrogen-bond acceptors (Lipinski definition) is 4.